The Morgan fingerprint density at radius 2 is 1.81 bits per heavy atom. The number of hydrogen-bond donors (Lipinski definition) is 3. The summed E-state index contributed by atoms with van der Waals surface area (Å²) in [5, 5.41) is 15.9. The lowest BCUT2D eigenvalue weighted by Gasteiger charge is -2.11. The molecule has 1 heterocycles. The van der Waals surface area contributed by atoms with Crippen LogP contribution in [0.25, 0.3) is 11.3 Å². The van der Waals surface area contributed by atoms with E-state index in [-0.39, 0.29) is 27.3 Å². The Balaban J connectivity index is 1.70. The molecule has 27 heavy (non-hydrogen) atoms. The Hall–Kier alpha value is -2.25. The van der Waals surface area contributed by atoms with Crippen molar-refractivity contribution < 1.29 is 14.3 Å². The number of carbonyl (C=O) groups is 1. The second kappa shape index (κ2) is 8.19. The second-order valence-electron chi connectivity index (χ2n) is 5.37. The maximum absolute atomic E-state index is 12.3. The molecule has 0 unspecified atom stereocenters. The predicted octanol–water partition coefficient (Wildman–Crippen LogP) is 5.74. The van der Waals surface area contributed by atoms with Crippen molar-refractivity contribution in [3.63, 3.8) is 0 Å². The number of thiocarbonyl (C=S) groups is 1. The maximum atomic E-state index is 12.3. The molecule has 3 rings (SSSR count). The van der Waals surface area contributed by atoms with Gasteiger partial charge in [0.1, 0.15) is 5.76 Å². The van der Waals surface area contributed by atoms with Gasteiger partial charge >= 0.3 is 0 Å². The monoisotopic (exact) mass is 440 g/mol. The molecular formula is C18H11Cl3N2O3S. The molecule has 0 aliphatic heterocycles. The zero-order valence-corrected chi connectivity index (χ0v) is 16.5. The Kier molecular flexibility index (Phi) is 5.92. The zero-order valence-electron chi connectivity index (χ0n) is 13.4. The van der Waals surface area contributed by atoms with Crippen LogP contribution in [0.2, 0.25) is 15.1 Å². The number of benzene rings is 2. The molecule has 0 atom stereocenters. The van der Waals surface area contributed by atoms with E-state index in [2.05, 4.69) is 10.6 Å². The highest BCUT2D eigenvalue weighted by molar-refractivity contribution is 7.80. The van der Waals surface area contributed by atoms with Crippen LogP contribution in [0.3, 0.4) is 0 Å². The fourth-order valence-corrected chi connectivity index (χ4v) is 3.12. The van der Waals surface area contributed by atoms with Crippen LogP contribution in [0.4, 0.5) is 5.69 Å². The zero-order chi connectivity index (χ0) is 19.6. The van der Waals surface area contributed by atoms with Gasteiger partial charge in [-0.1, -0.05) is 46.9 Å². The van der Waals surface area contributed by atoms with Gasteiger partial charge in [-0.2, -0.15) is 0 Å². The van der Waals surface area contributed by atoms with Crippen LogP contribution in [-0.4, -0.2) is 16.1 Å². The van der Waals surface area contributed by atoms with Crippen molar-refractivity contribution in [3.05, 3.63) is 69.4 Å². The van der Waals surface area contributed by atoms with Crippen molar-refractivity contribution in [2.75, 3.05) is 5.32 Å². The van der Waals surface area contributed by atoms with Crippen molar-refractivity contribution in [1.29, 1.82) is 0 Å². The molecule has 0 saturated carbocycles. The van der Waals surface area contributed by atoms with Crippen LogP contribution < -0.4 is 10.6 Å². The molecular weight excluding hydrogens is 431 g/mol. The lowest BCUT2D eigenvalue weighted by molar-refractivity contribution is 0.0951. The Morgan fingerprint density at radius 1 is 1.04 bits per heavy atom. The molecule has 2 aromatic carbocycles. The second-order valence-corrected chi connectivity index (χ2v) is 7.05. The first kappa shape index (κ1) is 19.5. The molecule has 0 aliphatic rings. The third-order valence-corrected chi connectivity index (χ3v) is 4.39. The summed E-state index contributed by atoms with van der Waals surface area (Å²) in [6.07, 6.45) is 0. The number of furan rings is 1. The molecule has 138 valence electrons. The van der Waals surface area contributed by atoms with Gasteiger partial charge in [-0.05, 0) is 48.6 Å². The fourth-order valence-electron chi connectivity index (χ4n) is 2.24. The van der Waals surface area contributed by atoms with E-state index in [9.17, 15) is 9.90 Å². The van der Waals surface area contributed by atoms with Crippen molar-refractivity contribution in [2.24, 2.45) is 0 Å². The number of phenolic OH excluding ortho intramolecular Hbond substituents is 1. The SMILES string of the molecule is O=C(NC(=S)Nc1cc(Cl)cc(Cl)c1O)c1ccc(-c2cccc(Cl)c2)o1. The minimum absolute atomic E-state index is 0.0522. The number of nitrogens with one attached hydrogen (secondary N) is 2. The van der Waals surface area contributed by atoms with Crippen LogP contribution >= 0.6 is 47.0 Å². The molecule has 1 aromatic heterocycles. The first-order chi connectivity index (χ1) is 12.8. The van der Waals surface area contributed by atoms with E-state index in [1.807, 2.05) is 6.07 Å². The van der Waals surface area contributed by atoms with Crippen molar-refractivity contribution in [2.45, 2.75) is 0 Å². The molecule has 3 N–H and O–H groups in total. The first-order valence-corrected chi connectivity index (χ1v) is 9.04. The minimum Gasteiger partial charge on any atom is -0.504 e. The van der Waals surface area contributed by atoms with Crippen LogP contribution in [0.15, 0.2) is 52.9 Å². The van der Waals surface area contributed by atoms with E-state index < -0.39 is 5.91 Å². The van der Waals surface area contributed by atoms with Crippen molar-refractivity contribution in [3.8, 4) is 17.1 Å². The largest absolute Gasteiger partial charge is 0.504 e. The molecule has 0 aliphatic carbocycles. The summed E-state index contributed by atoms with van der Waals surface area (Å²) in [7, 11) is 0. The Bertz CT molecular complexity index is 1040. The number of phenols is 1. The first-order valence-electron chi connectivity index (χ1n) is 7.49. The molecule has 3 aromatic rings. The van der Waals surface area contributed by atoms with Crippen LogP contribution in [0, 0.1) is 0 Å². The van der Waals surface area contributed by atoms with Crippen molar-refractivity contribution in [1.82, 2.24) is 5.32 Å². The lowest BCUT2D eigenvalue weighted by atomic mass is 10.2. The molecule has 0 fully saturated rings. The fraction of sp³-hybridized carbons (Fsp3) is 0. The topological polar surface area (TPSA) is 74.5 Å². The number of halogens is 3. The summed E-state index contributed by atoms with van der Waals surface area (Å²) < 4.78 is 5.55. The molecule has 5 nitrogen and oxygen atoms in total. The van der Waals surface area contributed by atoms with Gasteiger partial charge in [-0.25, -0.2) is 0 Å². The molecule has 0 saturated heterocycles. The summed E-state index contributed by atoms with van der Waals surface area (Å²) >= 11 is 22.8. The maximum Gasteiger partial charge on any atom is 0.293 e. The summed E-state index contributed by atoms with van der Waals surface area (Å²) in [5.41, 5.74) is 0.901. The molecule has 9 heteroatoms. The van der Waals surface area contributed by atoms with E-state index in [0.29, 0.717) is 15.8 Å². The highest BCUT2D eigenvalue weighted by Gasteiger charge is 2.15. The summed E-state index contributed by atoms with van der Waals surface area (Å²) in [5.74, 6) is -0.254. The number of anilines is 1. The minimum atomic E-state index is -0.562. The number of amides is 1. The van der Waals surface area contributed by atoms with Gasteiger partial charge in [0.05, 0.1) is 10.7 Å². The quantitative estimate of drug-likeness (QED) is 0.357. The summed E-state index contributed by atoms with van der Waals surface area (Å²) in [4.78, 5) is 12.3. The third kappa shape index (κ3) is 4.73. The normalized spacial score (nSPS) is 10.5. The Morgan fingerprint density at radius 3 is 2.56 bits per heavy atom. The highest BCUT2D eigenvalue weighted by Crippen LogP contribution is 2.35. The standard InChI is InChI=1S/C18H11Cl3N2O3S/c19-10-3-1-2-9(6-10)14-4-5-15(26-14)17(25)23-18(27)22-13-8-11(20)7-12(21)16(13)24/h1-8,24H,(H2,22,23,25,27). The Labute approximate surface area is 174 Å². The van der Waals surface area contributed by atoms with Gasteiger partial charge in [0.2, 0.25) is 0 Å². The van der Waals surface area contributed by atoms with Gasteiger partial charge < -0.3 is 14.8 Å². The summed E-state index contributed by atoms with van der Waals surface area (Å²) in [6.45, 7) is 0. The van der Waals surface area contributed by atoms with Crippen LogP contribution in [0.5, 0.6) is 5.75 Å². The van der Waals surface area contributed by atoms with E-state index >= 15 is 0 Å². The third-order valence-electron chi connectivity index (χ3n) is 3.44. The van der Waals surface area contributed by atoms with Gasteiger partial charge in [0, 0.05) is 15.6 Å². The molecule has 0 bridgehead atoms. The number of carbonyl (C=O) groups excluding carboxylic acids is 1. The summed E-state index contributed by atoms with van der Waals surface area (Å²) in [6, 6.07) is 13.0. The van der Waals surface area contributed by atoms with Crippen molar-refractivity contribution >= 4 is 63.7 Å². The lowest BCUT2D eigenvalue weighted by Crippen LogP contribution is -2.33. The van der Waals surface area contributed by atoms with Gasteiger partial charge in [0.25, 0.3) is 5.91 Å². The highest BCUT2D eigenvalue weighted by atomic mass is 35.5. The van der Waals surface area contributed by atoms with Gasteiger partial charge in [0.15, 0.2) is 16.6 Å². The van der Waals surface area contributed by atoms with E-state index in [4.69, 9.17) is 51.4 Å². The number of hydrogen-bond acceptors (Lipinski definition) is 4. The smallest absolute Gasteiger partial charge is 0.293 e. The van der Waals surface area contributed by atoms with Crippen LogP contribution in [0.1, 0.15) is 10.6 Å². The average molecular weight is 442 g/mol. The van der Waals surface area contributed by atoms with Crippen LogP contribution in [-0.2, 0) is 0 Å². The van der Waals surface area contributed by atoms with Gasteiger partial charge in [-0.15, -0.1) is 0 Å². The predicted molar refractivity (Wildman–Crippen MR) is 111 cm³/mol. The average Bonchev–Trinajstić information content (AvgIpc) is 3.09. The van der Waals surface area contributed by atoms with E-state index in [0.717, 1.165) is 5.56 Å². The number of rotatable bonds is 3. The number of aromatic hydroxyl groups is 1. The molecule has 0 spiro atoms. The van der Waals surface area contributed by atoms with Gasteiger partial charge in [-0.3, -0.25) is 10.1 Å². The van der Waals surface area contributed by atoms with E-state index in [1.165, 1.54) is 18.2 Å². The molecule has 0 radical (unpaired) electrons. The van der Waals surface area contributed by atoms with E-state index in [1.54, 1.807) is 24.3 Å². The molecule has 1 amide bonds.